The minimum absolute atomic E-state index is 1.04. The number of hydrogen-bond donors (Lipinski definition) is 22. The number of ether oxygens (including phenoxy) is 14. The Morgan fingerprint density at radius 1 is 0.256 bits per heavy atom. The van der Waals surface area contributed by atoms with Gasteiger partial charge in [0.25, 0.3) is 0 Å². The van der Waals surface area contributed by atoms with E-state index >= 15 is 0 Å². The lowest BCUT2D eigenvalue weighted by atomic mass is 9.94. The summed E-state index contributed by atoms with van der Waals surface area (Å²) >= 11 is 0. The van der Waals surface area contributed by atoms with Crippen molar-refractivity contribution in [3.8, 4) is 0 Å². The van der Waals surface area contributed by atoms with Crippen LogP contribution in [0, 0.1) is 0 Å². The predicted molar refractivity (Wildman–Crippen MR) is 230 cm³/mol. The van der Waals surface area contributed by atoms with Crippen molar-refractivity contribution in [3.05, 3.63) is 0 Å². The highest BCUT2D eigenvalue weighted by molar-refractivity contribution is 5.02. The smallest absolute Gasteiger partial charge is 0.311 e. The van der Waals surface area contributed by atoms with Crippen molar-refractivity contribution < 1.29 is 179 Å². The molecule has 23 rings (SSSR count). The van der Waals surface area contributed by atoms with Crippen molar-refractivity contribution in [2.45, 2.75) is 215 Å². The summed E-state index contributed by atoms with van der Waals surface area (Å²) < 4.78 is 79.6. The number of aliphatic hydroxyl groups is 22. The molecule has 78 heavy (non-hydrogen) atoms. The summed E-state index contributed by atoms with van der Waals surface area (Å²) in [5.41, 5.74) is 0. The first-order valence-corrected chi connectivity index (χ1v) is 24.7. The van der Waals surface area contributed by atoms with Gasteiger partial charge in [0.2, 0.25) is 0 Å². The van der Waals surface area contributed by atoms with Gasteiger partial charge in [-0.1, -0.05) is 0 Å². The van der Waals surface area contributed by atoms with Crippen LogP contribution in [0.15, 0.2) is 0 Å². The molecular formula is C42H70O36. The fourth-order valence-corrected chi connectivity index (χ4v) is 10.5. The molecule has 36 nitrogen and oxygen atoms in total. The zero-order valence-corrected chi connectivity index (χ0v) is 40.6. The maximum atomic E-state index is 12.0. The van der Waals surface area contributed by atoms with E-state index in [4.69, 9.17) is 66.3 Å². The Kier molecular flexibility index (Phi) is 20.7. The molecule has 36 heteroatoms. The molecule has 12 bridgehead atoms. The third kappa shape index (κ3) is 11.8. The van der Waals surface area contributed by atoms with E-state index in [2.05, 4.69) is 0 Å². The second-order valence-corrected chi connectivity index (χ2v) is 19.8. The fourth-order valence-electron chi connectivity index (χ4n) is 10.5. The van der Waals surface area contributed by atoms with E-state index in [0.29, 0.717) is 0 Å². The molecule has 23 heterocycles. The van der Waals surface area contributed by atoms with E-state index in [0.717, 1.165) is 0 Å². The molecule has 0 aliphatic carbocycles. The third-order valence-corrected chi connectivity index (χ3v) is 14.9. The maximum Gasteiger partial charge on any atom is 0.311 e. The molecule has 0 saturated carbocycles. The normalized spacial score (nSPS) is 55.6. The summed E-state index contributed by atoms with van der Waals surface area (Å²) in [7, 11) is 0. The second kappa shape index (κ2) is 25.8. The average Bonchev–Trinajstić information content (AvgIpc) is 3.44. The first kappa shape index (κ1) is 62.6. The van der Waals surface area contributed by atoms with E-state index in [1.807, 2.05) is 0 Å². The Hall–Kier alpha value is -1.44. The Morgan fingerprint density at radius 2 is 0.487 bits per heavy atom. The molecule has 0 aromatic heterocycles. The van der Waals surface area contributed by atoms with Gasteiger partial charge in [0.15, 0.2) is 43.8 Å². The van der Waals surface area contributed by atoms with Crippen LogP contribution in [0.3, 0.4) is 0 Å². The molecule has 22 N–H and O–H groups in total. The zero-order valence-electron chi connectivity index (χ0n) is 40.6. The molecule has 454 valence electrons. The van der Waals surface area contributed by atoms with Crippen LogP contribution in [0.2, 0.25) is 0 Å². The number of rotatable bonds is 9. The van der Waals surface area contributed by atoms with E-state index in [1.165, 1.54) is 0 Å². The minimum atomic E-state index is -3.57. The van der Waals surface area contributed by atoms with Gasteiger partial charge in [0, 0.05) is 0 Å². The lowest BCUT2D eigenvalue weighted by Gasteiger charge is -2.52. The lowest BCUT2D eigenvalue weighted by molar-refractivity contribution is -0.480. The Bertz CT molecular complexity index is 1870. The van der Waals surface area contributed by atoms with Crippen LogP contribution < -0.4 is 0 Å². The van der Waals surface area contributed by atoms with Gasteiger partial charge in [0.05, 0.1) is 46.2 Å². The van der Waals surface area contributed by atoms with Gasteiger partial charge in [-0.25, -0.2) is 0 Å². The van der Waals surface area contributed by atoms with E-state index in [1.54, 1.807) is 0 Å². The van der Waals surface area contributed by atoms with Gasteiger partial charge >= 0.3 is 5.97 Å². The first-order chi connectivity index (χ1) is 37.0. The van der Waals surface area contributed by atoms with Gasteiger partial charge in [-0.2, -0.15) is 0 Å². The van der Waals surface area contributed by atoms with Crippen LogP contribution in [0.5, 0.6) is 0 Å². The third-order valence-electron chi connectivity index (χ3n) is 14.9. The van der Waals surface area contributed by atoms with E-state index in [-0.39, 0.29) is 0 Å². The van der Waals surface area contributed by atoms with Gasteiger partial charge in [0.1, 0.15) is 165 Å². The summed E-state index contributed by atoms with van der Waals surface area (Å²) in [6.45, 7) is -7.83. The summed E-state index contributed by atoms with van der Waals surface area (Å²) in [4.78, 5) is 0. The Morgan fingerprint density at radius 3 is 0.744 bits per heavy atom. The van der Waals surface area contributed by atoms with Gasteiger partial charge in [-0.15, -0.1) is 0 Å². The molecule has 23 aliphatic rings. The van der Waals surface area contributed by atoms with Crippen molar-refractivity contribution in [1.82, 2.24) is 0 Å². The highest BCUT2D eigenvalue weighted by atomic mass is 16.9. The Balaban J connectivity index is 1.15. The zero-order chi connectivity index (χ0) is 57.0. The average molecular weight is 1150 g/mol. The molecule has 23 fully saturated rings. The molecule has 0 spiro atoms. The van der Waals surface area contributed by atoms with E-state index in [9.17, 15) is 112 Å². The highest BCUT2D eigenvalue weighted by Crippen LogP contribution is 2.41. The summed E-state index contributed by atoms with van der Waals surface area (Å²) in [6, 6.07) is 0. The standard InChI is InChI=1S/C42H70O36/c43-1-8-15(50)21(56)35(63)42(64,77-8)78-34-27(62)41-70-14(7-49)33(34)76-40-26(61)20(55)31(12(5-47)69-40)74-38-24(59)18(53)29(10(3-45)67-38)72-36-22(57)16(51)28(9(2-44)65-36)71-37-23(58)17(52)30(11(4-46)66-37)73-39-25(60)19(54)32(75-41)13(6-48)68-39/h8-41,43-64H,1-7H2/t8-,9-,10-,11-,12-,13-,14-,15-,16?,17?,18?,19?,20?,21+,22?,23?,24?,25?,26?,27?,28-,29-,30-,31?,32-,33-,34?,35-,36-,37-,38?,39-,40-,41-,42?/m1/s1. The van der Waals surface area contributed by atoms with Crippen LogP contribution in [0.25, 0.3) is 0 Å². The quantitative estimate of drug-likeness (QED) is 0.0953. The van der Waals surface area contributed by atoms with Crippen molar-refractivity contribution in [3.63, 3.8) is 0 Å². The fraction of sp³-hybridized carbons (Fsp3) is 1.00. The number of aliphatic hydroxyl groups excluding tert-OH is 21. The second-order valence-electron chi connectivity index (χ2n) is 19.8. The van der Waals surface area contributed by atoms with Crippen molar-refractivity contribution in [1.29, 1.82) is 0 Å². The van der Waals surface area contributed by atoms with Gasteiger partial charge < -0.3 is 179 Å². The predicted octanol–water partition coefficient (Wildman–Crippen LogP) is -15.9. The van der Waals surface area contributed by atoms with Gasteiger partial charge in [-0.05, 0) is 0 Å². The summed E-state index contributed by atoms with van der Waals surface area (Å²) in [6.07, 6.45) is -72.3. The van der Waals surface area contributed by atoms with Crippen LogP contribution in [-0.4, -0.2) is 373 Å². The van der Waals surface area contributed by atoms with E-state index < -0.39 is 261 Å². The Labute approximate surface area is 439 Å². The van der Waals surface area contributed by atoms with Crippen LogP contribution in [0.4, 0.5) is 0 Å². The lowest BCUT2D eigenvalue weighted by Crippen LogP contribution is -2.71. The summed E-state index contributed by atoms with van der Waals surface area (Å²) in [5.74, 6) is -3.57. The van der Waals surface area contributed by atoms with Crippen LogP contribution in [-0.2, 0) is 66.3 Å². The van der Waals surface area contributed by atoms with Crippen molar-refractivity contribution in [2.24, 2.45) is 0 Å². The molecule has 23 saturated heterocycles. The highest BCUT2D eigenvalue weighted by Gasteiger charge is 2.62. The molecule has 23 aliphatic heterocycles. The van der Waals surface area contributed by atoms with Crippen LogP contribution >= 0.6 is 0 Å². The summed E-state index contributed by atoms with van der Waals surface area (Å²) in [5, 5.41) is 242. The minimum Gasteiger partial charge on any atom is -0.394 e. The van der Waals surface area contributed by atoms with Crippen molar-refractivity contribution >= 4 is 0 Å². The molecule has 0 radical (unpaired) electrons. The van der Waals surface area contributed by atoms with Crippen molar-refractivity contribution in [2.75, 3.05) is 46.2 Å². The van der Waals surface area contributed by atoms with Gasteiger partial charge in [-0.3, -0.25) is 0 Å². The first-order valence-electron chi connectivity index (χ1n) is 24.7. The molecule has 0 aromatic rings. The number of hydrogen-bond acceptors (Lipinski definition) is 36. The monoisotopic (exact) mass is 1150 g/mol. The molecule has 0 amide bonds. The molecule has 35 atom stereocenters. The SMILES string of the molecule is OC[C@H]1O[C@@H]2O[C@H]3C(OC4(O)O[C@H](CO)[C@@H](O)[C@H](O)[C@H]4O)C(O)[C@H](O[C@@H]3CO)O[C@H]3C(O)C(O)[C@H](O[C@@H]3CO)O[C@H]3C(O)C(O)[C@H](O[C@@H]3CO)O[C@H]3C(O)C(O)[C@H](O[C@@H]3CO)O[C@H]3C(O)C(O)C(OC1C(O)C2O)O[C@@H]3CO. The molecular weight excluding hydrogens is 1080 g/mol. The maximum absolute atomic E-state index is 12.0. The topological polar surface area (TPSA) is 574 Å². The molecule has 0 aromatic carbocycles. The molecule has 15 unspecified atom stereocenters. The largest absolute Gasteiger partial charge is 0.394 e. The van der Waals surface area contributed by atoms with Crippen LogP contribution in [0.1, 0.15) is 0 Å².